The van der Waals surface area contributed by atoms with Crippen LogP contribution in [-0.4, -0.2) is 55.9 Å². The summed E-state index contributed by atoms with van der Waals surface area (Å²) in [6, 6.07) is 17.4. The number of ether oxygens (including phenoxy) is 1. The normalized spacial score (nSPS) is 17.1. The molecule has 1 amide bonds. The highest BCUT2D eigenvalue weighted by Gasteiger charge is 2.56. The molecule has 1 saturated carbocycles. The number of amides is 1. The van der Waals surface area contributed by atoms with Crippen LogP contribution in [0.2, 0.25) is 0 Å². The van der Waals surface area contributed by atoms with Crippen molar-refractivity contribution in [2.45, 2.75) is 44.2 Å². The molecule has 2 fully saturated rings. The van der Waals surface area contributed by atoms with Crippen molar-refractivity contribution >= 4 is 33.8 Å². The molecule has 2 aliphatic heterocycles. The first-order valence-electron chi connectivity index (χ1n) is 14.9. The van der Waals surface area contributed by atoms with Gasteiger partial charge in [0.2, 0.25) is 5.91 Å². The third-order valence-electron chi connectivity index (χ3n) is 9.09. The predicted octanol–water partition coefficient (Wildman–Crippen LogP) is 2.51. The Balaban J connectivity index is 1.13. The van der Waals surface area contributed by atoms with E-state index in [1.165, 1.54) is 9.08 Å². The van der Waals surface area contributed by atoms with Crippen LogP contribution < -0.4 is 21.5 Å². The average molecular weight is 578 g/mol. The molecule has 1 saturated heterocycles. The van der Waals surface area contributed by atoms with Gasteiger partial charge < -0.3 is 15.0 Å². The molecule has 5 heterocycles. The Hall–Kier alpha value is -4.77. The first kappa shape index (κ1) is 25.9. The molecular formula is C32H31N7O4. The summed E-state index contributed by atoms with van der Waals surface area (Å²) in [4.78, 5) is 46.6. The highest BCUT2D eigenvalue weighted by Crippen LogP contribution is 2.55. The number of nitrogens with one attached hydrogen (secondary N) is 1. The topological polar surface area (TPSA) is 116 Å². The number of carbonyl (C=O) groups excluding carboxylic acids is 1. The van der Waals surface area contributed by atoms with Gasteiger partial charge in [0.25, 0.3) is 5.56 Å². The number of hydrogen-bond acceptors (Lipinski definition) is 7. The van der Waals surface area contributed by atoms with Gasteiger partial charge in [-0.3, -0.25) is 18.6 Å². The van der Waals surface area contributed by atoms with Crippen molar-refractivity contribution in [2.75, 3.05) is 36.5 Å². The molecule has 0 unspecified atom stereocenters. The summed E-state index contributed by atoms with van der Waals surface area (Å²) in [6.45, 7) is 3.61. The number of nitrogens with zero attached hydrogens (tertiary/aromatic N) is 6. The van der Waals surface area contributed by atoms with Gasteiger partial charge in [0, 0.05) is 43.6 Å². The molecule has 0 bridgehead atoms. The number of rotatable bonds is 7. The largest absolute Gasteiger partial charge is 0.378 e. The van der Waals surface area contributed by atoms with Crippen molar-refractivity contribution < 1.29 is 9.53 Å². The van der Waals surface area contributed by atoms with E-state index in [9.17, 15) is 14.4 Å². The lowest BCUT2D eigenvalue weighted by Gasteiger charge is -2.29. The second kappa shape index (κ2) is 9.91. The molecule has 218 valence electrons. The van der Waals surface area contributed by atoms with Crippen molar-refractivity contribution in [1.82, 2.24) is 23.7 Å². The Labute approximate surface area is 246 Å². The lowest BCUT2D eigenvalue weighted by Crippen LogP contribution is -2.36. The maximum absolute atomic E-state index is 13.9. The zero-order chi connectivity index (χ0) is 29.1. The molecule has 3 aliphatic rings. The van der Waals surface area contributed by atoms with Gasteiger partial charge >= 0.3 is 5.69 Å². The van der Waals surface area contributed by atoms with Crippen molar-refractivity contribution in [3.8, 4) is 0 Å². The molecule has 3 aromatic heterocycles. The van der Waals surface area contributed by atoms with Gasteiger partial charge in [-0.05, 0) is 66.8 Å². The van der Waals surface area contributed by atoms with Crippen LogP contribution in [0.1, 0.15) is 29.8 Å². The molecule has 1 spiro atoms. The minimum Gasteiger partial charge on any atom is -0.378 e. The number of fused-ring (bicyclic) bond motifs is 4. The highest BCUT2D eigenvalue weighted by atomic mass is 16.5. The van der Waals surface area contributed by atoms with Gasteiger partial charge in [0.15, 0.2) is 5.65 Å². The quantitative estimate of drug-likeness (QED) is 0.316. The summed E-state index contributed by atoms with van der Waals surface area (Å²) in [5.41, 5.74) is 4.56. The van der Waals surface area contributed by atoms with E-state index in [-0.39, 0.29) is 29.1 Å². The molecule has 2 aromatic carbocycles. The van der Waals surface area contributed by atoms with Gasteiger partial charge in [-0.1, -0.05) is 18.2 Å². The van der Waals surface area contributed by atoms with E-state index in [4.69, 9.17) is 9.72 Å². The molecule has 0 radical (unpaired) electrons. The third kappa shape index (κ3) is 4.34. The van der Waals surface area contributed by atoms with Gasteiger partial charge in [0.1, 0.15) is 5.82 Å². The SMILES string of the molecule is O=C1Nc2cc(CCn3c(CCn4nc5ccccn5c4=O)nc4cc(N5CCOCC5)ccc4c3=O)ccc2C12CC2. The van der Waals surface area contributed by atoms with Crippen LogP contribution in [0.5, 0.6) is 0 Å². The first-order valence-corrected chi connectivity index (χ1v) is 14.9. The fourth-order valence-corrected chi connectivity index (χ4v) is 6.51. The van der Waals surface area contributed by atoms with Crippen LogP contribution in [0.4, 0.5) is 11.4 Å². The summed E-state index contributed by atoms with van der Waals surface area (Å²) in [5.74, 6) is 0.697. The Bertz CT molecular complexity index is 2030. The highest BCUT2D eigenvalue weighted by molar-refractivity contribution is 6.08. The lowest BCUT2D eigenvalue weighted by molar-refractivity contribution is -0.117. The standard InChI is InChI=1S/C32H31N7O4/c40-29-23-6-5-22(36-15-17-43-18-16-36)20-25(23)33-27(9-14-39-31(42)38-12-2-1-3-28(38)35-39)37(29)13-8-21-4-7-24-26(19-21)34-30(41)32(24)10-11-32/h1-7,12,19-20H,8-11,13-18H2,(H,34,41). The first-order chi connectivity index (χ1) is 21.0. The second-order valence-electron chi connectivity index (χ2n) is 11.6. The zero-order valence-corrected chi connectivity index (χ0v) is 23.7. The molecule has 5 aromatic rings. The molecule has 8 rings (SSSR count). The molecule has 0 atom stereocenters. The maximum Gasteiger partial charge on any atom is 0.350 e. The number of anilines is 2. The minimum atomic E-state index is -0.323. The van der Waals surface area contributed by atoms with Crippen molar-refractivity contribution in [3.05, 3.63) is 98.6 Å². The summed E-state index contributed by atoms with van der Waals surface area (Å²) >= 11 is 0. The average Bonchev–Trinajstić information content (AvgIpc) is 3.72. The van der Waals surface area contributed by atoms with Gasteiger partial charge in [0.05, 0.1) is 36.1 Å². The fraction of sp³-hybridized carbons (Fsp3) is 0.344. The van der Waals surface area contributed by atoms with Gasteiger partial charge in [-0.2, -0.15) is 0 Å². The van der Waals surface area contributed by atoms with Crippen LogP contribution in [-0.2, 0) is 40.9 Å². The van der Waals surface area contributed by atoms with Crippen LogP contribution in [0.25, 0.3) is 16.6 Å². The van der Waals surface area contributed by atoms with E-state index in [1.807, 2.05) is 30.3 Å². The monoisotopic (exact) mass is 577 g/mol. The summed E-state index contributed by atoms with van der Waals surface area (Å²) < 4.78 is 10.2. The van der Waals surface area contributed by atoms with Crippen LogP contribution >= 0.6 is 0 Å². The van der Waals surface area contributed by atoms with Gasteiger partial charge in [-0.25, -0.2) is 14.5 Å². The van der Waals surface area contributed by atoms with E-state index in [1.54, 1.807) is 22.9 Å². The van der Waals surface area contributed by atoms with Crippen molar-refractivity contribution in [3.63, 3.8) is 0 Å². The molecule has 1 aliphatic carbocycles. The Morgan fingerprint density at radius 3 is 2.60 bits per heavy atom. The minimum absolute atomic E-state index is 0.0931. The summed E-state index contributed by atoms with van der Waals surface area (Å²) in [5, 5.41) is 8.07. The Morgan fingerprint density at radius 2 is 1.79 bits per heavy atom. The van der Waals surface area contributed by atoms with Crippen molar-refractivity contribution in [2.24, 2.45) is 0 Å². The molecule has 43 heavy (non-hydrogen) atoms. The number of morpholine rings is 1. The summed E-state index contributed by atoms with van der Waals surface area (Å²) in [7, 11) is 0. The molecule has 11 nitrogen and oxygen atoms in total. The number of aryl methyl sites for hydroxylation is 3. The van der Waals surface area contributed by atoms with Crippen LogP contribution in [0.3, 0.4) is 0 Å². The predicted molar refractivity (Wildman–Crippen MR) is 162 cm³/mol. The number of aromatic nitrogens is 5. The van der Waals surface area contributed by atoms with E-state index in [0.29, 0.717) is 55.0 Å². The number of carbonyl (C=O) groups is 1. The van der Waals surface area contributed by atoms with E-state index < -0.39 is 0 Å². The zero-order valence-electron chi connectivity index (χ0n) is 23.7. The van der Waals surface area contributed by atoms with E-state index in [0.717, 1.165) is 48.4 Å². The Kier molecular flexibility index (Phi) is 5.97. The second-order valence-corrected chi connectivity index (χ2v) is 11.6. The van der Waals surface area contributed by atoms with E-state index >= 15 is 0 Å². The van der Waals surface area contributed by atoms with Crippen LogP contribution in [0, 0.1) is 0 Å². The smallest absolute Gasteiger partial charge is 0.350 e. The molecule has 11 heteroatoms. The molecule has 1 N–H and O–H groups in total. The van der Waals surface area contributed by atoms with Crippen molar-refractivity contribution in [1.29, 1.82) is 0 Å². The van der Waals surface area contributed by atoms with Gasteiger partial charge in [-0.15, -0.1) is 5.10 Å². The van der Waals surface area contributed by atoms with Crippen LogP contribution in [0.15, 0.2) is 70.4 Å². The number of pyridine rings is 1. The summed E-state index contributed by atoms with van der Waals surface area (Å²) in [6.07, 6.45) is 4.45. The third-order valence-corrected chi connectivity index (χ3v) is 9.09. The Morgan fingerprint density at radius 1 is 0.930 bits per heavy atom. The lowest BCUT2D eigenvalue weighted by atomic mass is 9.96. The molecular weight excluding hydrogens is 546 g/mol. The fourth-order valence-electron chi connectivity index (χ4n) is 6.51. The maximum atomic E-state index is 13.9. The number of hydrogen-bond donors (Lipinski definition) is 1. The number of benzene rings is 2. The van der Waals surface area contributed by atoms with E-state index in [2.05, 4.69) is 27.4 Å².